The van der Waals surface area contributed by atoms with Crippen molar-refractivity contribution in [2.45, 2.75) is 32.2 Å². The number of anilines is 2. The maximum absolute atomic E-state index is 12.6. The third kappa shape index (κ3) is 5.40. The lowest BCUT2D eigenvalue weighted by Gasteiger charge is -2.29. The first-order valence-corrected chi connectivity index (χ1v) is 13.9. The van der Waals surface area contributed by atoms with Gasteiger partial charge in [-0.1, -0.05) is 25.5 Å². The molecule has 0 radical (unpaired) electrons. The first-order chi connectivity index (χ1) is 19.6. The number of fused-ring (bicyclic) bond motifs is 2. The zero-order valence-electron chi connectivity index (χ0n) is 22.9. The molecular weight excluding hydrogens is 504 g/mol. The molecule has 0 bridgehead atoms. The topological polar surface area (TPSA) is 88.7 Å². The zero-order chi connectivity index (χ0) is 27.5. The third-order valence-corrected chi connectivity index (χ3v) is 7.54. The minimum atomic E-state index is -0.128. The Hall–Kier alpha value is -4.30. The average Bonchev–Trinajstić information content (AvgIpc) is 2.99. The minimum absolute atomic E-state index is 0.115. The van der Waals surface area contributed by atoms with Crippen LogP contribution in [0.5, 0.6) is 17.2 Å². The number of para-hydroxylation sites is 1. The molecule has 0 amide bonds. The van der Waals surface area contributed by atoms with Gasteiger partial charge >= 0.3 is 0 Å². The van der Waals surface area contributed by atoms with Gasteiger partial charge in [-0.15, -0.1) is 0 Å². The van der Waals surface area contributed by atoms with Crippen LogP contribution in [0, 0.1) is 0 Å². The van der Waals surface area contributed by atoms with Crippen molar-refractivity contribution >= 4 is 11.4 Å². The molecule has 2 aromatic carbocycles. The molecule has 8 nitrogen and oxygen atoms in total. The summed E-state index contributed by atoms with van der Waals surface area (Å²) in [6, 6.07) is 18.2. The molecule has 1 fully saturated rings. The summed E-state index contributed by atoms with van der Waals surface area (Å²) in [5, 5.41) is 3.70. The van der Waals surface area contributed by atoms with E-state index < -0.39 is 0 Å². The maximum Gasteiger partial charge on any atom is 0.250 e. The minimum Gasteiger partial charge on any atom is -0.495 e. The molecule has 4 aromatic rings. The number of methoxy groups -OCH3 is 1. The molecule has 1 unspecified atom stereocenters. The molecule has 4 heterocycles. The normalized spacial score (nSPS) is 15.0. The Morgan fingerprint density at radius 2 is 1.95 bits per heavy atom. The lowest BCUT2D eigenvalue weighted by atomic mass is 9.95. The SMILES string of the molecule is CCCC(Nc1ccc2c(c1)Cc1cccc(-c3cc(N4CCOCC4)cc(=O)[nH]3)c1O2)c1cncc(OC)c1. The van der Waals surface area contributed by atoms with Crippen molar-refractivity contribution in [2.75, 3.05) is 43.6 Å². The zero-order valence-corrected chi connectivity index (χ0v) is 22.9. The number of hydrogen-bond donors (Lipinski definition) is 2. The molecule has 0 saturated carbocycles. The second-order valence-corrected chi connectivity index (χ2v) is 10.3. The number of nitrogens with zero attached hydrogens (tertiary/aromatic N) is 2. The molecule has 206 valence electrons. The van der Waals surface area contributed by atoms with Gasteiger partial charge in [0.25, 0.3) is 0 Å². The van der Waals surface area contributed by atoms with Crippen molar-refractivity contribution in [3.8, 4) is 28.5 Å². The van der Waals surface area contributed by atoms with Gasteiger partial charge < -0.3 is 29.4 Å². The van der Waals surface area contributed by atoms with E-state index in [0.717, 1.165) is 88.9 Å². The van der Waals surface area contributed by atoms with E-state index in [2.05, 4.69) is 45.3 Å². The number of aromatic nitrogens is 2. The van der Waals surface area contributed by atoms with Crippen LogP contribution < -0.4 is 25.2 Å². The first-order valence-electron chi connectivity index (χ1n) is 13.9. The van der Waals surface area contributed by atoms with Crippen LogP contribution in [0.3, 0.4) is 0 Å². The van der Waals surface area contributed by atoms with Crippen LogP contribution >= 0.6 is 0 Å². The van der Waals surface area contributed by atoms with Crippen LogP contribution in [0.1, 0.15) is 42.5 Å². The van der Waals surface area contributed by atoms with E-state index in [1.54, 1.807) is 19.4 Å². The van der Waals surface area contributed by atoms with Gasteiger partial charge in [0, 0.05) is 54.3 Å². The number of rotatable bonds is 8. The van der Waals surface area contributed by atoms with Crippen molar-refractivity contribution in [3.05, 3.63) is 94.0 Å². The predicted molar refractivity (Wildman–Crippen MR) is 157 cm³/mol. The fraction of sp³-hybridized carbons (Fsp3) is 0.312. The highest BCUT2D eigenvalue weighted by Crippen LogP contribution is 2.43. The molecule has 0 spiro atoms. The number of morpholine rings is 1. The number of benzene rings is 2. The molecule has 1 saturated heterocycles. The molecule has 2 aromatic heterocycles. The van der Waals surface area contributed by atoms with Crippen LogP contribution in [0.15, 0.2) is 71.8 Å². The summed E-state index contributed by atoms with van der Waals surface area (Å²) in [6.07, 6.45) is 6.36. The second-order valence-electron chi connectivity index (χ2n) is 10.3. The third-order valence-electron chi connectivity index (χ3n) is 7.54. The van der Waals surface area contributed by atoms with Crippen molar-refractivity contribution in [1.82, 2.24) is 9.97 Å². The van der Waals surface area contributed by atoms with E-state index in [0.29, 0.717) is 13.2 Å². The lowest BCUT2D eigenvalue weighted by molar-refractivity contribution is 0.122. The van der Waals surface area contributed by atoms with Gasteiger partial charge in [-0.2, -0.15) is 0 Å². The number of aromatic amines is 1. The maximum atomic E-state index is 12.6. The number of pyridine rings is 2. The molecule has 2 aliphatic rings. The fourth-order valence-corrected chi connectivity index (χ4v) is 5.51. The molecule has 40 heavy (non-hydrogen) atoms. The summed E-state index contributed by atoms with van der Waals surface area (Å²) < 4.78 is 17.4. The summed E-state index contributed by atoms with van der Waals surface area (Å²) >= 11 is 0. The molecule has 6 rings (SSSR count). The fourth-order valence-electron chi connectivity index (χ4n) is 5.51. The van der Waals surface area contributed by atoms with E-state index >= 15 is 0 Å². The van der Waals surface area contributed by atoms with E-state index in [-0.39, 0.29) is 11.6 Å². The van der Waals surface area contributed by atoms with Gasteiger partial charge in [-0.3, -0.25) is 9.78 Å². The number of H-pyrrole nitrogens is 1. The summed E-state index contributed by atoms with van der Waals surface area (Å²) in [4.78, 5) is 22.2. The highest BCUT2D eigenvalue weighted by Gasteiger charge is 2.23. The van der Waals surface area contributed by atoms with Crippen LogP contribution in [0.25, 0.3) is 11.3 Å². The van der Waals surface area contributed by atoms with Crippen LogP contribution in [-0.2, 0) is 11.2 Å². The average molecular weight is 539 g/mol. The Bertz CT molecular complexity index is 1560. The Kier molecular flexibility index (Phi) is 7.42. The van der Waals surface area contributed by atoms with Crippen molar-refractivity contribution < 1.29 is 14.2 Å². The summed E-state index contributed by atoms with van der Waals surface area (Å²) in [5.74, 6) is 2.37. The van der Waals surface area contributed by atoms with Gasteiger partial charge in [-0.25, -0.2) is 0 Å². The largest absolute Gasteiger partial charge is 0.495 e. The summed E-state index contributed by atoms with van der Waals surface area (Å²) in [7, 11) is 1.66. The van der Waals surface area contributed by atoms with E-state index in [1.165, 1.54) is 0 Å². The van der Waals surface area contributed by atoms with Gasteiger partial charge in [0.1, 0.15) is 17.2 Å². The van der Waals surface area contributed by atoms with Gasteiger partial charge in [0.2, 0.25) is 5.56 Å². The van der Waals surface area contributed by atoms with Crippen LogP contribution in [-0.4, -0.2) is 43.4 Å². The number of nitrogens with one attached hydrogen (secondary N) is 2. The van der Waals surface area contributed by atoms with Crippen LogP contribution in [0.4, 0.5) is 11.4 Å². The Labute approximate surface area is 233 Å². The van der Waals surface area contributed by atoms with Crippen molar-refractivity contribution in [3.63, 3.8) is 0 Å². The predicted octanol–water partition coefficient (Wildman–Crippen LogP) is 5.93. The number of ether oxygens (including phenoxy) is 3. The molecular formula is C32H34N4O4. The molecule has 1 atom stereocenters. The highest BCUT2D eigenvalue weighted by atomic mass is 16.5. The Balaban J connectivity index is 1.27. The van der Waals surface area contributed by atoms with E-state index in [4.69, 9.17) is 14.2 Å². The summed E-state index contributed by atoms with van der Waals surface area (Å²) in [5.41, 5.74) is 6.74. The lowest BCUT2D eigenvalue weighted by Crippen LogP contribution is -2.36. The molecule has 2 aliphatic heterocycles. The van der Waals surface area contributed by atoms with E-state index in [1.807, 2.05) is 36.5 Å². The van der Waals surface area contributed by atoms with Crippen molar-refractivity contribution in [1.29, 1.82) is 0 Å². The van der Waals surface area contributed by atoms with Crippen LogP contribution in [0.2, 0.25) is 0 Å². The molecule has 8 heteroatoms. The van der Waals surface area contributed by atoms with Gasteiger partial charge in [0.15, 0.2) is 0 Å². The second kappa shape index (κ2) is 11.4. The van der Waals surface area contributed by atoms with E-state index in [9.17, 15) is 4.79 Å². The quantitative estimate of drug-likeness (QED) is 0.253. The molecule has 2 N–H and O–H groups in total. The van der Waals surface area contributed by atoms with Gasteiger partial charge in [-0.05, 0) is 53.9 Å². The smallest absolute Gasteiger partial charge is 0.250 e. The number of hydrogen-bond acceptors (Lipinski definition) is 7. The monoisotopic (exact) mass is 538 g/mol. The van der Waals surface area contributed by atoms with Gasteiger partial charge in [0.05, 0.1) is 38.3 Å². The first kappa shape index (κ1) is 26.0. The Morgan fingerprint density at radius 1 is 1.07 bits per heavy atom. The van der Waals surface area contributed by atoms with Crippen molar-refractivity contribution in [2.24, 2.45) is 0 Å². The Morgan fingerprint density at radius 3 is 2.77 bits per heavy atom. The standard InChI is InChI=1S/C32H34N4O4/c1-3-5-28(23-16-26(38-2)20-33-19-23)34-24-8-9-30-22(15-24)14-21-6-4-7-27(32(21)40-30)29-17-25(18-31(37)35-29)36-10-12-39-13-11-36/h4,6-9,15-20,28,34H,3,5,10-14H2,1-2H3,(H,35,37). The molecule has 0 aliphatic carbocycles. The summed E-state index contributed by atoms with van der Waals surface area (Å²) in [6.45, 7) is 5.04. The highest BCUT2D eigenvalue weighted by molar-refractivity contribution is 5.74.